The number of rotatable bonds is 8. The Labute approximate surface area is 130 Å². The van der Waals surface area contributed by atoms with Gasteiger partial charge in [-0.05, 0) is 65.0 Å². The first-order valence-electron chi connectivity index (χ1n) is 8.59. The highest BCUT2D eigenvalue weighted by Gasteiger charge is 2.42. The molecule has 0 heterocycles. The molecule has 0 aromatic carbocycles. The second kappa shape index (κ2) is 8.14. The Kier molecular flexibility index (Phi) is 7.14. The van der Waals surface area contributed by atoms with Crippen LogP contribution in [0.5, 0.6) is 0 Å². The summed E-state index contributed by atoms with van der Waals surface area (Å²) in [6, 6.07) is 0.995. The van der Waals surface area contributed by atoms with Crippen LogP contribution in [0.25, 0.3) is 0 Å². The van der Waals surface area contributed by atoms with Gasteiger partial charge in [-0.3, -0.25) is 4.79 Å². The molecule has 1 rings (SSSR count). The van der Waals surface area contributed by atoms with E-state index in [9.17, 15) is 4.79 Å². The molecule has 0 aromatic rings. The van der Waals surface area contributed by atoms with Crippen LogP contribution in [0.15, 0.2) is 0 Å². The molecule has 0 aromatic heterocycles. The molecule has 0 spiro atoms. The molecule has 1 fully saturated rings. The minimum absolute atomic E-state index is 0.175. The molecule has 0 bridgehead atoms. The van der Waals surface area contributed by atoms with Crippen molar-refractivity contribution >= 4 is 5.91 Å². The van der Waals surface area contributed by atoms with Crippen LogP contribution in [0.2, 0.25) is 0 Å². The van der Waals surface area contributed by atoms with Gasteiger partial charge in [0.15, 0.2) is 0 Å². The average Bonchev–Trinajstić information content (AvgIpc) is 2.43. The summed E-state index contributed by atoms with van der Waals surface area (Å²) in [5.41, 5.74) is 5.25. The zero-order chi connectivity index (χ0) is 16.0. The van der Waals surface area contributed by atoms with Crippen LogP contribution < -0.4 is 11.1 Å². The van der Waals surface area contributed by atoms with Crippen molar-refractivity contribution in [2.45, 2.75) is 83.8 Å². The lowest BCUT2D eigenvalue weighted by atomic mass is 9.77. The normalized spacial score (nSPS) is 28.0. The Morgan fingerprint density at radius 1 is 1.43 bits per heavy atom. The number of nitrogens with one attached hydrogen (secondary N) is 1. The molecular weight excluding hydrogens is 262 g/mol. The molecule has 1 aliphatic carbocycles. The van der Waals surface area contributed by atoms with E-state index in [2.05, 4.69) is 45.0 Å². The summed E-state index contributed by atoms with van der Waals surface area (Å²) in [6.07, 6.45) is 6.19. The minimum atomic E-state index is -0.495. The van der Waals surface area contributed by atoms with E-state index in [0.717, 1.165) is 32.2 Å². The number of hydrogen-bond donors (Lipinski definition) is 2. The van der Waals surface area contributed by atoms with Crippen molar-refractivity contribution in [2.24, 2.45) is 11.7 Å². The van der Waals surface area contributed by atoms with Crippen LogP contribution in [0.4, 0.5) is 0 Å². The van der Waals surface area contributed by atoms with Crippen LogP contribution >= 0.6 is 0 Å². The van der Waals surface area contributed by atoms with Crippen LogP contribution in [-0.4, -0.2) is 42.0 Å². The first-order valence-corrected chi connectivity index (χ1v) is 8.59. The maximum atomic E-state index is 12.0. The lowest BCUT2D eigenvalue weighted by Gasteiger charge is -2.44. The lowest BCUT2D eigenvalue weighted by molar-refractivity contribution is -0.126. The van der Waals surface area contributed by atoms with Crippen molar-refractivity contribution in [1.82, 2.24) is 10.2 Å². The first kappa shape index (κ1) is 18.4. The number of hydrogen-bond acceptors (Lipinski definition) is 3. The van der Waals surface area contributed by atoms with E-state index in [1.165, 1.54) is 12.8 Å². The smallest absolute Gasteiger partial charge is 0.237 e. The fraction of sp³-hybridized carbons (Fsp3) is 0.941. The third-order valence-electron chi connectivity index (χ3n) is 4.99. The number of nitrogens with zero attached hydrogens (tertiary/aromatic N) is 1. The molecule has 3 N–H and O–H groups in total. The second-order valence-corrected chi connectivity index (χ2v) is 7.27. The van der Waals surface area contributed by atoms with Gasteiger partial charge in [-0.1, -0.05) is 20.8 Å². The predicted molar refractivity (Wildman–Crippen MR) is 89.2 cm³/mol. The molecule has 1 aliphatic rings. The molecule has 1 amide bonds. The average molecular weight is 297 g/mol. The molecule has 0 radical (unpaired) electrons. The quantitative estimate of drug-likeness (QED) is 0.724. The van der Waals surface area contributed by atoms with E-state index in [-0.39, 0.29) is 5.91 Å². The highest BCUT2D eigenvalue weighted by molar-refractivity contribution is 5.84. The number of amides is 1. The lowest BCUT2D eigenvalue weighted by Crippen LogP contribution is -2.61. The molecule has 4 heteroatoms. The summed E-state index contributed by atoms with van der Waals surface area (Å²) < 4.78 is 0. The molecule has 21 heavy (non-hydrogen) atoms. The van der Waals surface area contributed by atoms with Crippen molar-refractivity contribution in [3.8, 4) is 0 Å². The topological polar surface area (TPSA) is 58.4 Å². The van der Waals surface area contributed by atoms with Gasteiger partial charge in [0.05, 0.1) is 5.54 Å². The Bertz CT molecular complexity index is 332. The Morgan fingerprint density at radius 2 is 2.10 bits per heavy atom. The van der Waals surface area contributed by atoms with Crippen molar-refractivity contribution in [1.29, 1.82) is 0 Å². The number of nitrogens with two attached hydrogens (primary N) is 1. The summed E-state index contributed by atoms with van der Waals surface area (Å²) in [6.45, 7) is 9.81. The zero-order valence-electron chi connectivity index (χ0n) is 14.6. The van der Waals surface area contributed by atoms with Crippen LogP contribution in [0.3, 0.4) is 0 Å². The highest BCUT2D eigenvalue weighted by Crippen LogP contribution is 2.32. The van der Waals surface area contributed by atoms with Gasteiger partial charge in [-0.25, -0.2) is 0 Å². The van der Waals surface area contributed by atoms with Gasteiger partial charge >= 0.3 is 0 Å². The predicted octanol–water partition coefficient (Wildman–Crippen LogP) is 2.52. The van der Waals surface area contributed by atoms with Gasteiger partial charge in [-0.2, -0.15) is 0 Å². The zero-order valence-corrected chi connectivity index (χ0v) is 14.6. The monoisotopic (exact) mass is 297 g/mol. The van der Waals surface area contributed by atoms with Crippen LogP contribution in [0, 0.1) is 5.92 Å². The fourth-order valence-corrected chi connectivity index (χ4v) is 3.64. The van der Waals surface area contributed by atoms with Crippen LogP contribution in [0.1, 0.15) is 66.2 Å². The Hall–Kier alpha value is -0.610. The van der Waals surface area contributed by atoms with E-state index < -0.39 is 5.54 Å². The fourth-order valence-electron chi connectivity index (χ4n) is 3.64. The molecule has 3 atom stereocenters. The molecular formula is C17H35N3O. The van der Waals surface area contributed by atoms with Crippen molar-refractivity contribution in [2.75, 3.05) is 13.6 Å². The van der Waals surface area contributed by atoms with Gasteiger partial charge in [0.1, 0.15) is 0 Å². The third kappa shape index (κ3) is 4.96. The van der Waals surface area contributed by atoms with Gasteiger partial charge in [0.2, 0.25) is 5.91 Å². The highest BCUT2D eigenvalue weighted by atomic mass is 16.1. The van der Waals surface area contributed by atoms with Gasteiger partial charge in [0, 0.05) is 12.1 Å². The maximum Gasteiger partial charge on any atom is 0.237 e. The SMILES string of the molecule is CCCNC1(C(N)=O)CCCC(N(C)C(C)CC(C)C)C1. The van der Waals surface area contributed by atoms with Gasteiger partial charge in [-0.15, -0.1) is 0 Å². The van der Waals surface area contributed by atoms with E-state index in [1.807, 2.05) is 0 Å². The Morgan fingerprint density at radius 3 is 2.62 bits per heavy atom. The Balaban J connectivity index is 2.74. The van der Waals surface area contributed by atoms with E-state index >= 15 is 0 Å². The van der Waals surface area contributed by atoms with E-state index in [1.54, 1.807) is 0 Å². The number of carbonyl (C=O) groups is 1. The molecule has 0 saturated heterocycles. The number of carbonyl (C=O) groups excluding carboxylic acids is 1. The molecule has 0 aliphatic heterocycles. The van der Waals surface area contributed by atoms with Crippen molar-refractivity contribution < 1.29 is 4.79 Å². The summed E-state index contributed by atoms with van der Waals surface area (Å²) in [4.78, 5) is 14.5. The molecule has 124 valence electrons. The van der Waals surface area contributed by atoms with E-state index in [4.69, 9.17) is 5.73 Å². The summed E-state index contributed by atoms with van der Waals surface area (Å²) >= 11 is 0. The molecule has 3 unspecified atom stereocenters. The summed E-state index contributed by atoms with van der Waals surface area (Å²) in [5, 5.41) is 3.45. The van der Waals surface area contributed by atoms with E-state index in [0.29, 0.717) is 18.0 Å². The summed E-state index contributed by atoms with van der Waals surface area (Å²) in [7, 11) is 2.20. The van der Waals surface area contributed by atoms with Gasteiger partial charge in [0.25, 0.3) is 0 Å². The third-order valence-corrected chi connectivity index (χ3v) is 4.99. The standard InChI is InChI=1S/C17H35N3O/c1-6-10-19-17(16(18)21)9-7-8-15(12-17)20(5)14(4)11-13(2)3/h13-15,19H,6-12H2,1-5H3,(H2,18,21). The van der Waals surface area contributed by atoms with Crippen molar-refractivity contribution in [3.63, 3.8) is 0 Å². The summed E-state index contributed by atoms with van der Waals surface area (Å²) in [5.74, 6) is 0.524. The molecule has 1 saturated carbocycles. The minimum Gasteiger partial charge on any atom is -0.368 e. The maximum absolute atomic E-state index is 12.0. The van der Waals surface area contributed by atoms with Gasteiger partial charge < -0.3 is 16.0 Å². The molecule has 4 nitrogen and oxygen atoms in total. The largest absolute Gasteiger partial charge is 0.368 e. The van der Waals surface area contributed by atoms with Crippen molar-refractivity contribution in [3.05, 3.63) is 0 Å². The number of primary amides is 1. The van der Waals surface area contributed by atoms with Crippen LogP contribution in [-0.2, 0) is 4.79 Å². The first-order chi connectivity index (χ1) is 9.82. The second-order valence-electron chi connectivity index (χ2n) is 7.27.